The molecule has 0 unspecified atom stereocenters. The summed E-state index contributed by atoms with van der Waals surface area (Å²) in [5.41, 5.74) is 1.69. The van der Waals surface area contributed by atoms with Crippen LogP contribution in [0.4, 0.5) is 18.9 Å². The van der Waals surface area contributed by atoms with Gasteiger partial charge in [-0.3, -0.25) is 0 Å². The van der Waals surface area contributed by atoms with E-state index in [9.17, 15) is 13.2 Å². The lowest BCUT2D eigenvalue weighted by atomic mass is 10.2. The van der Waals surface area contributed by atoms with Crippen molar-refractivity contribution in [2.75, 3.05) is 4.90 Å². The van der Waals surface area contributed by atoms with E-state index < -0.39 is 6.36 Å². The zero-order valence-corrected chi connectivity index (χ0v) is 10.9. The molecule has 0 aromatic heterocycles. The van der Waals surface area contributed by atoms with Gasteiger partial charge in [-0.1, -0.05) is 19.6 Å². The molecule has 1 rings (SSSR count). The quantitative estimate of drug-likeness (QED) is 0.759. The Hall–Kier alpha value is -1.91. The number of alkyl halides is 3. The van der Waals surface area contributed by atoms with Gasteiger partial charge in [-0.15, -0.1) is 13.2 Å². The number of anilines is 1. The van der Waals surface area contributed by atoms with E-state index in [2.05, 4.69) is 11.3 Å². The maximum Gasteiger partial charge on any atom is 0.573 e. The molecule has 0 spiro atoms. The summed E-state index contributed by atoms with van der Waals surface area (Å²) >= 11 is 0. The monoisotopic (exact) mass is 271 g/mol. The van der Waals surface area contributed by atoms with Crippen LogP contribution in [-0.2, 0) is 0 Å². The molecule has 0 amide bonds. The van der Waals surface area contributed by atoms with Crippen molar-refractivity contribution < 1.29 is 17.9 Å². The molecule has 1 aromatic rings. The van der Waals surface area contributed by atoms with Crippen LogP contribution in [0.2, 0.25) is 0 Å². The SMILES string of the molecule is C=CN(/C(C)=C/CC)c1ccc(OC(F)(F)F)cc1. The fraction of sp³-hybridized carbons (Fsp3) is 0.286. The number of hydrogen-bond donors (Lipinski definition) is 0. The van der Waals surface area contributed by atoms with Crippen LogP contribution in [0.15, 0.2) is 48.8 Å². The first-order valence-corrected chi connectivity index (χ1v) is 5.81. The molecule has 1 aromatic carbocycles. The lowest BCUT2D eigenvalue weighted by Gasteiger charge is -2.21. The van der Waals surface area contributed by atoms with Gasteiger partial charge < -0.3 is 9.64 Å². The van der Waals surface area contributed by atoms with Gasteiger partial charge >= 0.3 is 6.36 Å². The van der Waals surface area contributed by atoms with E-state index in [4.69, 9.17) is 0 Å². The molecule has 104 valence electrons. The van der Waals surface area contributed by atoms with Crippen molar-refractivity contribution in [1.82, 2.24) is 0 Å². The van der Waals surface area contributed by atoms with Crippen LogP contribution >= 0.6 is 0 Å². The molecule has 0 radical (unpaired) electrons. The van der Waals surface area contributed by atoms with Gasteiger partial charge in [-0.25, -0.2) is 0 Å². The van der Waals surface area contributed by atoms with Crippen LogP contribution in [0, 0.1) is 0 Å². The van der Waals surface area contributed by atoms with Crippen LogP contribution in [0.25, 0.3) is 0 Å². The summed E-state index contributed by atoms with van der Waals surface area (Å²) in [6.07, 6.45) is -0.188. The smallest absolute Gasteiger partial charge is 0.406 e. The topological polar surface area (TPSA) is 12.5 Å². The molecule has 0 aliphatic carbocycles. The molecule has 0 bridgehead atoms. The van der Waals surface area contributed by atoms with E-state index in [1.165, 1.54) is 12.1 Å². The molecular formula is C14H16F3NO. The summed E-state index contributed by atoms with van der Waals surface area (Å²) in [5, 5.41) is 0. The Morgan fingerprint density at radius 3 is 2.32 bits per heavy atom. The second kappa shape index (κ2) is 6.31. The first kappa shape index (κ1) is 15.1. The van der Waals surface area contributed by atoms with Crippen molar-refractivity contribution in [2.45, 2.75) is 26.6 Å². The third-order valence-electron chi connectivity index (χ3n) is 2.41. The van der Waals surface area contributed by atoms with Crippen molar-refractivity contribution in [3.63, 3.8) is 0 Å². The Kier molecular flexibility index (Phi) is 5.03. The second-order valence-corrected chi connectivity index (χ2v) is 3.85. The van der Waals surface area contributed by atoms with Crippen molar-refractivity contribution in [3.05, 3.63) is 48.8 Å². The van der Waals surface area contributed by atoms with Gasteiger partial charge in [0.15, 0.2) is 0 Å². The molecule has 0 atom stereocenters. The Morgan fingerprint density at radius 2 is 1.89 bits per heavy atom. The van der Waals surface area contributed by atoms with Crippen molar-refractivity contribution in [3.8, 4) is 5.75 Å². The van der Waals surface area contributed by atoms with Crippen LogP contribution in [-0.4, -0.2) is 6.36 Å². The van der Waals surface area contributed by atoms with Gasteiger partial charge in [-0.2, -0.15) is 0 Å². The molecule has 0 aliphatic rings. The van der Waals surface area contributed by atoms with Crippen LogP contribution in [0.5, 0.6) is 5.75 Å². The maximum atomic E-state index is 12.0. The first-order chi connectivity index (χ1) is 8.87. The number of rotatable bonds is 5. The minimum Gasteiger partial charge on any atom is -0.406 e. The predicted molar refractivity (Wildman–Crippen MR) is 69.8 cm³/mol. The number of hydrogen-bond acceptors (Lipinski definition) is 2. The van der Waals surface area contributed by atoms with Crippen LogP contribution in [0.3, 0.4) is 0 Å². The highest BCUT2D eigenvalue weighted by Crippen LogP contribution is 2.26. The molecule has 19 heavy (non-hydrogen) atoms. The van der Waals surface area contributed by atoms with E-state index in [0.29, 0.717) is 0 Å². The molecule has 5 heteroatoms. The summed E-state index contributed by atoms with van der Waals surface area (Å²) < 4.78 is 39.9. The molecular weight excluding hydrogens is 255 g/mol. The maximum absolute atomic E-state index is 12.0. The van der Waals surface area contributed by atoms with Crippen molar-refractivity contribution in [1.29, 1.82) is 0 Å². The fourth-order valence-electron chi connectivity index (χ4n) is 1.66. The number of nitrogens with zero attached hydrogens (tertiary/aromatic N) is 1. The summed E-state index contributed by atoms with van der Waals surface area (Å²) in [4.78, 5) is 1.79. The normalized spacial score (nSPS) is 12.2. The lowest BCUT2D eigenvalue weighted by Crippen LogP contribution is -2.17. The zero-order valence-electron chi connectivity index (χ0n) is 10.9. The minimum absolute atomic E-state index is 0.239. The highest BCUT2D eigenvalue weighted by atomic mass is 19.4. The summed E-state index contributed by atoms with van der Waals surface area (Å²) in [6, 6.07) is 5.66. The highest BCUT2D eigenvalue weighted by molar-refractivity contribution is 5.56. The molecule has 0 saturated heterocycles. The van der Waals surface area contributed by atoms with E-state index in [1.54, 1.807) is 23.2 Å². The average molecular weight is 271 g/mol. The second-order valence-electron chi connectivity index (χ2n) is 3.85. The third kappa shape index (κ3) is 4.69. The Morgan fingerprint density at radius 1 is 1.32 bits per heavy atom. The molecule has 0 saturated carbocycles. The van der Waals surface area contributed by atoms with Crippen LogP contribution < -0.4 is 9.64 Å². The largest absolute Gasteiger partial charge is 0.573 e. The zero-order chi connectivity index (χ0) is 14.5. The van der Waals surface area contributed by atoms with E-state index in [1.807, 2.05) is 19.9 Å². The van der Waals surface area contributed by atoms with E-state index >= 15 is 0 Å². The highest BCUT2D eigenvalue weighted by Gasteiger charge is 2.30. The standard InChI is InChI=1S/C14H16F3NO/c1-4-6-11(3)18(5-2)12-7-9-13(10-8-12)19-14(15,16)17/h5-10H,2,4H2,1,3H3/b11-6+. The molecule has 0 aliphatic heterocycles. The van der Waals surface area contributed by atoms with Gasteiger partial charge in [0.05, 0.1) is 0 Å². The average Bonchev–Trinajstić information content (AvgIpc) is 2.30. The molecule has 0 heterocycles. The lowest BCUT2D eigenvalue weighted by molar-refractivity contribution is -0.274. The Bertz CT molecular complexity index is 449. The number of benzene rings is 1. The number of ether oxygens (including phenoxy) is 1. The van der Waals surface area contributed by atoms with E-state index in [0.717, 1.165) is 17.8 Å². The van der Waals surface area contributed by atoms with E-state index in [-0.39, 0.29) is 5.75 Å². The summed E-state index contributed by atoms with van der Waals surface area (Å²) in [7, 11) is 0. The van der Waals surface area contributed by atoms with Crippen molar-refractivity contribution >= 4 is 5.69 Å². The molecule has 0 fully saturated rings. The molecule has 2 nitrogen and oxygen atoms in total. The van der Waals surface area contributed by atoms with Gasteiger partial charge in [0, 0.05) is 17.6 Å². The predicted octanol–water partition coefficient (Wildman–Crippen LogP) is 4.85. The van der Waals surface area contributed by atoms with Gasteiger partial charge in [0.2, 0.25) is 0 Å². The van der Waals surface area contributed by atoms with Crippen LogP contribution in [0.1, 0.15) is 20.3 Å². The minimum atomic E-state index is -4.67. The molecule has 0 N–H and O–H groups in total. The summed E-state index contributed by atoms with van der Waals surface area (Å²) in [5.74, 6) is -0.239. The van der Waals surface area contributed by atoms with Gasteiger partial charge in [-0.05, 0) is 37.6 Å². The third-order valence-corrected chi connectivity index (χ3v) is 2.41. The summed E-state index contributed by atoms with van der Waals surface area (Å²) in [6.45, 7) is 7.61. The number of allylic oxidation sites excluding steroid dienone is 2. The van der Waals surface area contributed by atoms with Crippen molar-refractivity contribution in [2.24, 2.45) is 0 Å². The Labute approximate surface area is 110 Å². The fourth-order valence-corrected chi connectivity index (χ4v) is 1.66. The number of halogens is 3. The van der Waals surface area contributed by atoms with Gasteiger partial charge in [0.25, 0.3) is 0 Å². The van der Waals surface area contributed by atoms with Gasteiger partial charge in [0.1, 0.15) is 5.75 Å². The first-order valence-electron chi connectivity index (χ1n) is 5.81. The Balaban J connectivity index is 2.91.